The van der Waals surface area contributed by atoms with E-state index in [1.54, 1.807) is 17.0 Å². The summed E-state index contributed by atoms with van der Waals surface area (Å²) in [6.07, 6.45) is -2.71. The second-order valence-electron chi connectivity index (χ2n) is 9.99. The zero-order chi connectivity index (χ0) is 28.2. The van der Waals surface area contributed by atoms with Gasteiger partial charge in [-0.15, -0.1) is 13.2 Å². The lowest BCUT2D eigenvalue weighted by atomic mass is 9.79. The summed E-state index contributed by atoms with van der Waals surface area (Å²) in [5, 5.41) is 14.2. The molecule has 2 aliphatic rings. The third-order valence-electron chi connectivity index (χ3n) is 6.97. The molecule has 1 fully saturated rings. The second kappa shape index (κ2) is 11.8. The summed E-state index contributed by atoms with van der Waals surface area (Å²) in [5.41, 5.74) is 2.50. The fraction of sp³-hybridized carbons (Fsp3) is 0.444. The predicted octanol–water partition coefficient (Wildman–Crippen LogP) is 6.00. The quantitative estimate of drug-likeness (QED) is 0.407. The van der Waals surface area contributed by atoms with Crippen LogP contribution in [0.25, 0.3) is 0 Å². The molecular weight excluding hydrogens is 519 g/mol. The predicted molar refractivity (Wildman–Crippen MR) is 135 cm³/mol. The molecule has 9 nitrogen and oxygen atoms in total. The molecule has 0 radical (unpaired) electrons. The third-order valence-corrected chi connectivity index (χ3v) is 6.97. The largest absolute Gasteiger partial charge is 0.573 e. The number of aliphatic carboxylic acids is 1. The van der Waals surface area contributed by atoms with E-state index >= 15 is 0 Å². The van der Waals surface area contributed by atoms with E-state index < -0.39 is 30.2 Å². The number of amides is 3. The van der Waals surface area contributed by atoms with Crippen LogP contribution in [-0.4, -0.2) is 47.1 Å². The van der Waals surface area contributed by atoms with Crippen LogP contribution in [0.15, 0.2) is 42.5 Å². The summed E-state index contributed by atoms with van der Waals surface area (Å²) in [5.74, 6) is -1.06. The minimum absolute atomic E-state index is 0.0866. The molecule has 3 N–H and O–H groups in total. The molecule has 0 bridgehead atoms. The van der Waals surface area contributed by atoms with Gasteiger partial charge in [0.25, 0.3) is 0 Å². The van der Waals surface area contributed by atoms with E-state index in [1.165, 1.54) is 12.1 Å². The Morgan fingerprint density at radius 3 is 2.49 bits per heavy atom. The van der Waals surface area contributed by atoms with Crippen molar-refractivity contribution in [2.45, 2.75) is 58.0 Å². The van der Waals surface area contributed by atoms with Crippen LogP contribution in [0.1, 0.15) is 43.7 Å². The second-order valence-corrected chi connectivity index (χ2v) is 9.99. The summed E-state index contributed by atoms with van der Waals surface area (Å²) < 4.78 is 46.9. The lowest BCUT2D eigenvalue weighted by Gasteiger charge is -2.35. The molecule has 39 heavy (non-hydrogen) atoms. The van der Waals surface area contributed by atoms with Crippen LogP contribution in [-0.2, 0) is 22.5 Å². The van der Waals surface area contributed by atoms with E-state index in [1.807, 2.05) is 13.0 Å². The number of rotatable bonds is 6. The van der Waals surface area contributed by atoms with Gasteiger partial charge in [-0.1, -0.05) is 19.1 Å². The van der Waals surface area contributed by atoms with Crippen LogP contribution in [0, 0.1) is 11.8 Å². The monoisotopic (exact) mass is 549 g/mol. The fourth-order valence-electron chi connectivity index (χ4n) is 5.14. The Hall–Kier alpha value is -3.96. The number of fused-ring (bicyclic) bond motifs is 1. The average Bonchev–Trinajstić information content (AvgIpc) is 2.84. The Labute approximate surface area is 223 Å². The lowest BCUT2D eigenvalue weighted by molar-refractivity contribution is -0.274. The van der Waals surface area contributed by atoms with Crippen molar-refractivity contribution in [2.24, 2.45) is 11.8 Å². The number of benzene rings is 2. The molecule has 3 amide bonds. The number of hydrogen-bond donors (Lipinski definition) is 3. The van der Waals surface area contributed by atoms with Crippen molar-refractivity contribution in [3.05, 3.63) is 53.6 Å². The molecule has 0 aromatic heterocycles. The number of carboxylic acid groups (broad SMARTS) is 1. The molecule has 210 valence electrons. The van der Waals surface area contributed by atoms with Gasteiger partial charge >= 0.3 is 24.5 Å². The molecule has 1 aliphatic carbocycles. The van der Waals surface area contributed by atoms with Gasteiger partial charge in [-0.25, -0.2) is 9.59 Å². The zero-order valence-corrected chi connectivity index (χ0v) is 21.3. The average molecular weight is 550 g/mol. The normalized spacial score (nSPS) is 20.9. The standard InChI is InChI=1S/C27H30F3N3O6/c1-16-11-17(12-24(34)35)5-8-23(16)38-26(37)33-10-9-18-13-21(7-6-19(18)15-33)32-25(36)31-20-3-2-4-22(14-20)39-27(28,29)30/h2-4,6-7,13-14,16-17,23H,5,8-12,15H2,1H3,(H,34,35)(H2,31,32,36)/t16-,17?,23-/m1/s1. The highest BCUT2D eigenvalue weighted by molar-refractivity contribution is 5.99. The van der Waals surface area contributed by atoms with Crippen molar-refractivity contribution in [3.63, 3.8) is 0 Å². The Balaban J connectivity index is 1.29. The van der Waals surface area contributed by atoms with E-state index in [-0.39, 0.29) is 30.0 Å². The van der Waals surface area contributed by atoms with Crippen LogP contribution < -0.4 is 15.4 Å². The third kappa shape index (κ3) is 8.01. The molecule has 1 saturated carbocycles. The van der Waals surface area contributed by atoms with Crippen LogP contribution >= 0.6 is 0 Å². The number of carbonyl (C=O) groups is 3. The molecule has 1 heterocycles. The van der Waals surface area contributed by atoms with Crippen molar-refractivity contribution in [3.8, 4) is 5.75 Å². The maximum absolute atomic E-state index is 12.8. The first-order chi connectivity index (χ1) is 18.4. The Morgan fingerprint density at radius 2 is 1.79 bits per heavy atom. The summed E-state index contributed by atoms with van der Waals surface area (Å²) in [4.78, 5) is 37.9. The topological polar surface area (TPSA) is 117 Å². The summed E-state index contributed by atoms with van der Waals surface area (Å²) in [6.45, 7) is 2.78. The maximum Gasteiger partial charge on any atom is 0.573 e. The van der Waals surface area contributed by atoms with Gasteiger partial charge < -0.3 is 30.1 Å². The number of urea groups is 1. The molecule has 1 unspecified atom stereocenters. The van der Waals surface area contributed by atoms with Gasteiger partial charge in [0.15, 0.2) is 0 Å². The van der Waals surface area contributed by atoms with Gasteiger partial charge in [-0.2, -0.15) is 0 Å². The highest BCUT2D eigenvalue weighted by atomic mass is 19.4. The molecule has 1 aliphatic heterocycles. The number of nitrogens with zero attached hydrogens (tertiary/aromatic N) is 1. The number of anilines is 2. The Kier molecular flexibility index (Phi) is 8.51. The van der Waals surface area contributed by atoms with Crippen molar-refractivity contribution in [1.29, 1.82) is 0 Å². The van der Waals surface area contributed by atoms with Crippen LogP contribution in [0.2, 0.25) is 0 Å². The van der Waals surface area contributed by atoms with Gasteiger partial charge in [0.05, 0.1) is 0 Å². The summed E-state index contributed by atoms with van der Waals surface area (Å²) >= 11 is 0. The van der Waals surface area contributed by atoms with Crippen molar-refractivity contribution in [1.82, 2.24) is 4.90 Å². The summed E-state index contributed by atoms with van der Waals surface area (Å²) in [7, 11) is 0. The van der Waals surface area contributed by atoms with Crippen LogP contribution in [0.3, 0.4) is 0 Å². The minimum Gasteiger partial charge on any atom is -0.481 e. The van der Waals surface area contributed by atoms with Gasteiger partial charge in [-0.3, -0.25) is 4.79 Å². The molecule has 2 aromatic rings. The first-order valence-corrected chi connectivity index (χ1v) is 12.7. The maximum atomic E-state index is 12.8. The fourth-order valence-corrected chi connectivity index (χ4v) is 5.14. The lowest BCUT2D eigenvalue weighted by Crippen LogP contribution is -2.41. The Morgan fingerprint density at radius 1 is 1.05 bits per heavy atom. The number of ether oxygens (including phenoxy) is 2. The highest BCUT2D eigenvalue weighted by Crippen LogP contribution is 2.34. The first kappa shape index (κ1) is 28.1. The minimum atomic E-state index is -4.84. The van der Waals surface area contributed by atoms with E-state index in [2.05, 4.69) is 15.4 Å². The molecule has 0 spiro atoms. The van der Waals surface area contributed by atoms with Gasteiger partial charge in [0, 0.05) is 37.0 Å². The highest BCUT2D eigenvalue weighted by Gasteiger charge is 2.33. The number of carboxylic acids is 1. The SMILES string of the molecule is C[C@@H]1CC(CC(=O)O)CC[C@H]1OC(=O)N1CCc2cc(NC(=O)Nc3cccc(OC(F)(F)F)c3)ccc2C1. The number of halogens is 3. The van der Waals surface area contributed by atoms with E-state index in [0.29, 0.717) is 44.5 Å². The Bertz CT molecular complexity index is 1220. The molecular formula is C27H30F3N3O6. The number of carbonyl (C=O) groups excluding carboxylic acids is 2. The van der Waals surface area contributed by atoms with Gasteiger partial charge in [0.1, 0.15) is 11.9 Å². The molecule has 2 aromatic carbocycles. The number of alkyl halides is 3. The van der Waals surface area contributed by atoms with E-state index in [9.17, 15) is 27.6 Å². The van der Waals surface area contributed by atoms with E-state index in [0.717, 1.165) is 23.3 Å². The number of nitrogens with one attached hydrogen (secondary N) is 2. The van der Waals surface area contributed by atoms with Gasteiger partial charge in [-0.05, 0) is 72.9 Å². The molecule has 3 atom stereocenters. The zero-order valence-electron chi connectivity index (χ0n) is 21.3. The molecule has 12 heteroatoms. The van der Waals surface area contributed by atoms with E-state index in [4.69, 9.17) is 9.84 Å². The molecule has 4 rings (SSSR count). The van der Waals surface area contributed by atoms with Crippen LogP contribution in [0.4, 0.5) is 34.1 Å². The van der Waals surface area contributed by atoms with Gasteiger partial charge in [0.2, 0.25) is 0 Å². The smallest absolute Gasteiger partial charge is 0.481 e. The summed E-state index contributed by atoms with van der Waals surface area (Å²) in [6, 6.07) is 9.62. The van der Waals surface area contributed by atoms with Crippen LogP contribution in [0.5, 0.6) is 5.75 Å². The first-order valence-electron chi connectivity index (χ1n) is 12.7. The van der Waals surface area contributed by atoms with Crippen molar-refractivity contribution < 1.29 is 42.1 Å². The van der Waals surface area contributed by atoms with Crippen molar-refractivity contribution in [2.75, 3.05) is 17.2 Å². The molecule has 0 saturated heterocycles. The number of hydrogen-bond acceptors (Lipinski definition) is 5. The van der Waals surface area contributed by atoms with Crippen molar-refractivity contribution >= 4 is 29.5 Å².